The number of fused-ring (bicyclic) bond motifs is 1. The van der Waals surface area contributed by atoms with Gasteiger partial charge in [0.25, 0.3) is 0 Å². The summed E-state index contributed by atoms with van der Waals surface area (Å²) in [5.74, 6) is 1.77. The fourth-order valence-corrected chi connectivity index (χ4v) is 3.83. The molecule has 0 spiro atoms. The summed E-state index contributed by atoms with van der Waals surface area (Å²) in [6.07, 6.45) is 2.31. The van der Waals surface area contributed by atoms with E-state index < -0.39 is 0 Å². The number of rotatable bonds is 6. The van der Waals surface area contributed by atoms with Gasteiger partial charge in [-0.3, -0.25) is 0 Å². The van der Waals surface area contributed by atoms with Crippen LogP contribution < -0.4 is 15.8 Å². The van der Waals surface area contributed by atoms with Crippen LogP contribution in [-0.4, -0.2) is 46.1 Å². The smallest absolute Gasteiger partial charge is 0.225 e. The number of hydrogen-bond acceptors (Lipinski definition) is 7. The Kier molecular flexibility index (Phi) is 5.13. The number of methoxy groups -OCH3 is 1. The van der Waals surface area contributed by atoms with Crippen LogP contribution in [0.1, 0.15) is 12.8 Å². The second kappa shape index (κ2) is 8.23. The third-order valence-corrected chi connectivity index (χ3v) is 5.45. The van der Waals surface area contributed by atoms with Crippen LogP contribution in [0.25, 0.3) is 28.0 Å². The molecule has 0 bridgehead atoms. The molecule has 1 atom stereocenters. The summed E-state index contributed by atoms with van der Waals surface area (Å²) in [4.78, 5) is 9.44. The van der Waals surface area contributed by atoms with E-state index in [1.54, 1.807) is 11.8 Å². The molecule has 0 radical (unpaired) electrons. The minimum atomic E-state index is 0.182. The molecule has 3 heterocycles. The van der Waals surface area contributed by atoms with Crippen LogP contribution in [-0.2, 0) is 4.74 Å². The monoisotopic (exact) mass is 416 g/mol. The maximum atomic E-state index is 6.55. The lowest BCUT2D eigenvalue weighted by atomic mass is 10.1. The lowest BCUT2D eigenvalue weighted by Crippen LogP contribution is -2.19. The lowest BCUT2D eigenvalue weighted by molar-refractivity contribution is 0.120. The van der Waals surface area contributed by atoms with Gasteiger partial charge in [-0.1, -0.05) is 30.3 Å². The molecule has 31 heavy (non-hydrogen) atoms. The SMILES string of the molecule is COc1ccc(-n2nc3nc(NC[C@H]4CCCO4)nc(-c4ccccc4)c3c2N)cc1. The quantitative estimate of drug-likeness (QED) is 0.495. The van der Waals surface area contributed by atoms with Crippen LogP contribution in [0.3, 0.4) is 0 Å². The molecule has 0 saturated carbocycles. The zero-order valence-electron chi connectivity index (χ0n) is 17.3. The fourth-order valence-electron chi connectivity index (χ4n) is 3.83. The predicted octanol–water partition coefficient (Wildman–Crippen LogP) is 3.66. The summed E-state index contributed by atoms with van der Waals surface area (Å²) in [5, 5.41) is 8.74. The number of ether oxygens (including phenoxy) is 2. The van der Waals surface area contributed by atoms with Gasteiger partial charge < -0.3 is 20.5 Å². The molecule has 2 aromatic heterocycles. The van der Waals surface area contributed by atoms with Gasteiger partial charge in [-0.25, -0.2) is 9.67 Å². The summed E-state index contributed by atoms with van der Waals surface area (Å²) < 4.78 is 12.7. The van der Waals surface area contributed by atoms with Gasteiger partial charge in [-0.2, -0.15) is 4.98 Å². The van der Waals surface area contributed by atoms with Crippen LogP contribution in [0.4, 0.5) is 11.8 Å². The van der Waals surface area contributed by atoms with Crippen LogP contribution in [0.5, 0.6) is 5.75 Å². The summed E-state index contributed by atoms with van der Waals surface area (Å²) in [6, 6.07) is 17.5. The van der Waals surface area contributed by atoms with Crippen molar-refractivity contribution in [1.82, 2.24) is 19.7 Å². The van der Waals surface area contributed by atoms with E-state index in [1.165, 1.54) is 0 Å². The molecule has 2 aromatic carbocycles. The number of nitrogen functional groups attached to an aromatic ring is 1. The second-order valence-corrected chi connectivity index (χ2v) is 7.47. The minimum Gasteiger partial charge on any atom is -0.497 e. The zero-order valence-corrected chi connectivity index (χ0v) is 17.3. The highest BCUT2D eigenvalue weighted by atomic mass is 16.5. The number of anilines is 2. The van der Waals surface area contributed by atoms with Crippen molar-refractivity contribution in [1.29, 1.82) is 0 Å². The van der Waals surface area contributed by atoms with Crippen molar-refractivity contribution in [2.75, 3.05) is 31.3 Å². The maximum absolute atomic E-state index is 6.55. The second-order valence-electron chi connectivity index (χ2n) is 7.47. The van der Waals surface area contributed by atoms with Gasteiger partial charge in [0.2, 0.25) is 5.95 Å². The third-order valence-electron chi connectivity index (χ3n) is 5.45. The molecule has 158 valence electrons. The molecule has 1 fully saturated rings. The van der Waals surface area contributed by atoms with Crippen LogP contribution in [0.15, 0.2) is 54.6 Å². The van der Waals surface area contributed by atoms with Crippen LogP contribution in [0, 0.1) is 0 Å². The third kappa shape index (κ3) is 3.77. The van der Waals surface area contributed by atoms with Crippen molar-refractivity contribution in [2.45, 2.75) is 18.9 Å². The Morgan fingerprint density at radius 2 is 1.94 bits per heavy atom. The molecular formula is C23H24N6O2. The Hall–Kier alpha value is -3.65. The summed E-state index contributed by atoms with van der Waals surface area (Å²) in [5.41, 5.74) is 9.62. The molecule has 3 N–H and O–H groups in total. The molecule has 0 unspecified atom stereocenters. The van der Waals surface area contributed by atoms with E-state index in [1.807, 2.05) is 54.6 Å². The maximum Gasteiger partial charge on any atom is 0.225 e. The van der Waals surface area contributed by atoms with Gasteiger partial charge in [0.1, 0.15) is 11.6 Å². The molecule has 8 nitrogen and oxygen atoms in total. The number of aromatic nitrogens is 4. The number of nitrogens with zero attached hydrogens (tertiary/aromatic N) is 4. The highest BCUT2D eigenvalue weighted by Crippen LogP contribution is 2.33. The number of hydrogen-bond donors (Lipinski definition) is 2. The first-order chi connectivity index (χ1) is 15.2. The Morgan fingerprint density at radius 1 is 1.13 bits per heavy atom. The van der Waals surface area contributed by atoms with E-state index in [0.29, 0.717) is 24.0 Å². The van der Waals surface area contributed by atoms with Crippen molar-refractivity contribution in [3.63, 3.8) is 0 Å². The van der Waals surface area contributed by atoms with Crippen LogP contribution >= 0.6 is 0 Å². The molecule has 1 aliphatic rings. The van der Waals surface area contributed by atoms with Crippen molar-refractivity contribution < 1.29 is 9.47 Å². The molecule has 1 aliphatic heterocycles. The number of benzene rings is 2. The normalized spacial score (nSPS) is 16.0. The van der Waals surface area contributed by atoms with Crippen molar-refractivity contribution in [3.05, 3.63) is 54.6 Å². The van der Waals surface area contributed by atoms with Gasteiger partial charge in [-0.15, -0.1) is 5.10 Å². The molecule has 1 saturated heterocycles. The molecule has 0 amide bonds. The summed E-state index contributed by atoms with van der Waals surface area (Å²) in [7, 11) is 1.64. The topological polar surface area (TPSA) is 100 Å². The van der Waals surface area contributed by atoms with Gasteiger partial charge >= 0.3 is 0 Å². The first-order valence-corrected chi connectivity index (χ1v) is 10.3. The van der Waals surface area contributed by atoms with Gasteiger partial charge in [-0.05, 0) is 37.1 Å². The first kappa shape index (κ1) is 19.3. The Bertz CT molecular complexity index is 1180. The van der Waals surface area contributed by atoms with Gasteiger partial charge in [0, 0.05) is 18.7 Å². The average molecular weight is 416 g/mol. The zero-order chi connectivity index (χ0) is 21.2. The van der Waals surface area contributed by atoms with Crippen LogP contribution in [0.2, 0.25) is 0 Å². The Balaban J connectivity index is 1.60. The molecule has 5 rings (SSSR count). The van der Waals surface area contributed by atoms with Gasteiger partial charge in [0.15, 0.2) is 5.65 Å². The number of nitrogens with two attached hydrogens (primary N) is 1. The predicted molar refractivity (Wildman–Crippen MR) is 121 cm³/mol. The summed E-state index contributed by atoms with van der Waals surface area (Å²) >= 11 is 0. The van der Waals surface area contributed by atoms with E-state index in [-0.39, 0.29) is 6.10 Å². The highest BCUT2D eigenvalue weighted by molar-refractivity contribution is 5.99. The number of nitrogens with one attached hydrogen (secondary N) is 1. The van der Waals surface area contributed by atoms with E-state index in [0.717, 1.165) is 47.5 Å². The highest BCUT2D eigenvalue weighted by Gasteiger charge is 2.20. The van der Waals surface area contributed by atoms with Crippen molar-refractivity contribution in [2.24, 2.45) is 0 Å². The standard InChI is InChI=1S/C23H24N6O2/c1-30-17-11-9-16(10-12-17)29-21(24)19-20(15-6-3-2-4-7-15)26-23(27-22(19)28-29)25-14-18-8-5-13-31-18/h2-4,6-7,9-12,18H,5,8,13-14,24H2,1H3,(H,25,27,28)/t18-/m1/s1. The Morgan fingerprint density at radius 3 is 2.65 bits per heavy atom. The van der Waals surface area contributed by atoms with E-state index in [2.05, 4.69) is 10.3 Å². The largest absolute Gasteiger partial charge is 0.497 e. The van der Waals surface area contributed by atoms with E-state index in [4.69, 9.17) is 25.3 Å². The van der Waals surface area contributed by atoms with Crippen molar-refractivity contribution >= 4 is 22.8 Å². The molecule has 4 aromatic rings. The first-order valence-electron chi connectivity index (χ1n) is 10.3. The van der Waals surface area contributed by atoms with Crippen molar-refractivity contribution in [3.8, 4) is 22.7 Å². The lowest BCUT2D eigenvalue weighted by Gasteiger charge is -2.12. The van der Waals surface area contributed by atoms with Gasteiger partial charge in [0.05, 0.1) is 30.0 Å². The molecule has 8 heteroatoms. The summed E-state index contributed by atoms with van der Waals surface area (Å²) in [6.45, 7) is 1.47. The van der Waals surface area contributed by atoms with E-state index in [9.17, 15) is 0 Å². The average Bonchev–Trinajstić information content (AvgIpc) is 3.46. The minimum absolute atomic E-state index is 0.182. The molecular weight excluding hydrogens is 392 g/mol. The Labute approximate surface area is 180 Å². The fraction of sp³-hybridized carbons (Fsp3) is 0.261. The van der Waals surface area contributed by atoms with E-state index >= 15 is 0 Å². The molecule has 0 aliphatic carbocycles.